The monoisotopic (exact) mass is 276 g/mol. The largest absolute Gasteiger partial charge is 0.416 e. The Balaban J connectivity index is 1.98. The maximum atomic E-state index is 13.6. The van der Waals surface area contributed by atoms with E-state index in [2.05, 4.69) is 10.2 Å². The van der Waals surface area contributed by atoms with Crippen LogP contribution in [0.5, 0.6) is 0 Å². The molecule has 1 heterocycles. The lowest BCUT2D eigenvalue weighted by Crippen LogP contribution is -2.19. The van der Waals surface area contributed by atoms with Gasteiger partial charge in [-0.2, -0.15) is 13.2 Å². The number of halogens is 4. The number of anilines is 1. The third kappa shape index (κ3) is 3.59. The number of alkyl halides is 3. The van der Waals surface area contributed by atoms with Crippen LogP contribution in [0.3, 0.4) is 0 Å². The summed E-state index contributed by atoms with van der Waals surface area (Å²) < 4.78 is 50.7. The molecule has 0 amide bonds. The van der Waals surface area contributed by atoms with Crippen molar-refractivity contribution in [1.82, 2.24) is 4.90 Å². The molecule has 19 heavy (non-hydrogen) atoms. The van der Waals surface area contributed by atoms with Crippen LogP contribution >= 0.6 is 0 Å². The van der Waals surface area contributed by atoms with Gasteiger partial charge in [-0.25, -0.2) is 4.39 Å². The normalized spacial score (nSPS) is 20.8. The van der Waals surface area contributed by atoms with Gasteiger partial charge in [-0.3, -0.25) is 0 Å². The van der Waals surface area contributed by atoms with Crippen molar-refractivity contribution < 1.29 is 17.6 Å². The second-order valence-electron chi connectivity index (χ2n) is 4.99. The first kappa shape index (κ1) is 14.1. The molecule has 0 aromatic heterocycles. The van der Waals surface area contributed by atoms with Crippen molar-refractivity contribution in [3.05, 3.63) is 29.6 Å². The SMILES string of the molecule is CN1CCC(CNc2ccc(C(F)(F)F)cc2F)C1. The van der Waals surface area contributed by atoms with E-state index in [1.165, 1.54) is 0 Å². The molecule has 2 nitrogen and oxygen atoms in total. The van der Waals surface area contributed by atoms with Crippen LogP contribution in [0.15, 0.2) is 18.2 Å². The van der Waals surface area contributed by atoms with Gasteiger partial charge < -0.3 is 10.2 Å². The van der Waals surface area contributed by atoms with Gasteiger partial charge >= 0.3 is 6.18 Å². The number of hydrogen-bond acceptors (Lipinski definition) is 2. The average Bonchev–Trinajstić information content (AvgIpc) is 2.72. The first-order valence-corrected chi connectivity index (χ1v) is 6.15. The first-order valence-electron chi connectivity index (χ1n) is 6.15. The molecule has 2 rings (SSSR count). The Morgan fingerprint density at radius 2 is 2.11 bits per heavy atom. The lowest BCUT2D eigenvalue weighted by molar-refractivity contribution is -0.137. The molecule has 0 spiro atoms. The molecule has 1 aliphatic heterocycles. The van der Waals surface area contributed by atoms with Gasteiger partial charge in [0.1, 0.15) is 5.82 Å². The summed E-state index contributed by atoms with van der Waals surface area (Å²) in [6.07, 6.45) is -3.49. The predicted octanol–water partition coefficient (Wildman–Crippen LogP) is 3.21. The van der Waals surface area contributed by atoms with E-state index in [0.717, 1.165) is 31.6 Å². The van der Waals surface area contributed by atoms with Crippen molar-refractivity contribution in [3.63, 3.8) is 0 Å². The second kappa shape index (κ2) is 5.36. The number of nitrogens with one attached hydrogen (secondary N) is 1. The zero-order valence-electron chi connectivity index (χ0n) is 10.6. The number of hydrogen-bond donors (Lipinski definition) is 1. The summed E-state index contributed by atoms with van der Waals surface area (Å²) in [5.74, 6) is -0.451. The highest BCUT2D eigenvalue weighted by Crippen LogP contribution is 2.31. The van der Waals surface area contributed by atoms with E-state index in [1.54, 1.807) is 0 Å². The average molecular weight is 276 g/mol. The van der Waals surface area contributed by atoms with Crippen LogP contribution in [0.25, 0.3) is 0 Å². The Kier molecular flexibility index (Phi) is 3.99. The smallest absolute Gasteiger partial charge is 0.382 e. The predicted molar refractivity (Wildman–Crippen MR) is 65.5 cm³/mol. The molecule has 1 unspecified atom stereocenters. The molecule has 0 aliphatic carbocycles. The maximum Gasteiger partial charge on any atom is 0.416 e. The van der Waals surface area contributed by atoms with Crippen molar-refractivity contribution in [3.8, 4) is 0 Å². The molecule has 1 aromatic rings. The van der Waals surface area contributed by atoms with E-state index in [-0.39, 0.29) is 5.69 Å². The lowest BCUT2D eigenvalue weighted by atomic mass is 10.1. The fourth-order valence-electron chi connectivity index (χ4n) is 2.28. The van der Waals surface area contributed by atoms with Crippen molar-refractivity contribution in [1.29, 1.82) is 0 Å². The Morgan fingerprint density at radius 3 is 2.63 bits per heavy atom. The van der Waals surface area contributed by atoms with Gasteiger partial charge in [0.05, 0.1) is 11.3 Å². The van der Waals surface area contributed by atoms with Crippen LogP contribution in [-0.2, 0) is 6.18 Å². The van der Waals surface area contributed by atoms with E-state index in [9.17, 15) is 17.6 Å². The molecule has 1 aromatic carbocycles. The topological polar surface area (TPSA) is 15.3 Å². The minimum absolute atomic E-state index is 0.127. The molecular weight excluding hydrogens is 260 g/mol. The highest BCUT2D eigenvalue weighted by atomic mass is 19.4. The number of rotatable bonds is 3. The van der Waals surface area contributed by atoms with Crippen molar-refractivity contribution in [2.45, 2.75) is 12.6 Å². The summed E-state index contributed by atoms with van der Waals surface area (Å²) in [6, 6.07) is 2.58. The summed E-state index contributed by atoms with van der Waals surface area (Å²) in [4.78, 5) is 2.18. The van der Waals surface area contributed by atoms with Crippen molar-refractivity contribution in [2.75, 3.05) is 32.0 Å². The molecule has 1 fully saturated rings. The van der Waals surface area contributed by atoms with Crippen LogP contribution in [0.1, 0.15) is 12.0 Å². The van der Waals surface area contributed by atoms with Gasteiger partial charge in [-0.1, -0.05) is 0 Å². The van der Waals surface area contributed by atoms with E-state index in [0.29, 0.717) is 18.5 Å². The van der Waals surface area contributed by atoms with Gasteiger partial charge in [0.2, 0.25) is 0 Å². The third-order valence-corrected chi connectivity index (χ3v) is 3.37. The zero-order valence-corrected chi connectivity index (χ0v) is 10.6. The third-order valence-electron chi connectivity index (χ3n) is 3.37. The lowest BCUT2D eigenvalue weighted by Gasteiger charge is -2.14. The van der Waals surface area contributed by atoms with Gasteiger partial charge in [0.25, 0.3) is 0 Å². The maximum absolute atomic E-state index is 13.6. The van der Waals surface area contributed by atoms with Gasteiger partial charge in [0.15, 0.2) is 0 Å². The molecule has 0 bridgehead atoms. The molecule has 106 valence electrons. The van der Waals surface area contributed by atoms with Crippen LogP contribution in [0, 0.1) is 11.7 Å². The van der Waals surface area contributed by atoms with Gasteiger partial charge in [-0.15, -0.1) is 0 Å². The van der Waals surface area contributed by atoms with Crippen LogP contribution < -0.4 is 5.32 Å². The summed E-state index contributed by atoms with van der Waals surface area (Å²) in [6.45, 7) is 2.50. The molecule has 1 saturated heterocycles. The van der Waals surface area contributed by atoms with Crippen LogP contribution in [-0.4, -0.2) is 31.6 Å². The molecule has 0 radical (unpaired) electrons. The Bertz CT molecular complexity index is 445. The summed E-state index contributed by atoms with van der Waals surface area (Å²) >= 11 is 0. The molecular formula is C13H16F4N2. The van der Waals surface area contributed by atoms with E-state index in [4.69, 9.17) is 0 Å². The van der Waals surface area contributed by atoms with Gasteiger partial charge in [0, 0.05) is 13.1 Å². The van der Waals surface area contributed by atoms with Crippen LogP contribution in [0.2, 0.25) is 0 Å². The molecule has 0 saturated carbocycles. The highest BCUT2D eigenvalue weighted by molar-refractivity contribution is 5.46. The fourth-order valence-corrected chi connectivity index (χ4v) is 2.28. The Morgan fingerprint density at radius 1 is 1.37 bits per heavy atom. The van der Waals surface area contributed by atoms with Crippen LogP contribution in [0.4, 0.5) is 23.2 Å². The van der Waals surface area contributed by atoms with E-state index in [1.807, 2.05) is 7.05 Å². The zero-order chi connectivity index (χ0) is 14.0. The van der Waals surface area contributed by atoms with E-state index >= 15 is 0 Å². The molecule has 1 N–H and O–H groups in total. The Labute approximate surface area is 109 Å². The minimum atomic E-state index is -4.51. The quantitative estimate of drug-likeness (QED) is 0.853. The number of nitrogens with zero attached hydrogens (tertiary/aromatic N) is 1. The minimum Gasteiger partial charge on any atom is -0.382 e. The molecule has 1 aliphatic rings. The standard InChI is InChI=1S/C13H16F4N2/c1-19-5-4-9(8-19)7-18-12-3-2-10(6-11(12)14)13(15,16)17/h2-3,6,9,18H,4-5,7-8H2,1H3. The summed E-state index contributed by atoms with van der Waals surface area (Å²) in [7, 11) is 2.01. The summed E-state index contributed by atoms with van der Waals surface area (Å²) in [5, 5.41) is 2.89. The first-order chi connectivity index (χ1) is 8.86. The highest BCUT2D eigenvalue weighted by Gasteiger charge is 2.31. The number of likely N-dealkylation sites (tertiary alicyclic amines) is 1. The fraction of sp³-hybridized carbons (Fsp3) is 0.538. The second-order valence-corrected chi connectivity index (χ2v) is 4.99. The molecule has 6 heteroatoms. The number of benzene rings is 1. The van der Waals surface area contributed by atoms with Crippen molar-refractivity contribution in [2.24, 2.45) is 5.92 Å². The van der Waals surface area contributed by atoms with Crippen molar-refractivity contribution >= 4 is 5.69 Å². The summed E-state index contributed by atoms with van der Waals surface area (Å²) in [5.41, 5.74) is -0.835. The Hall–Kier alpha value is -1.30. The molecule has 1 atom stereocenters. The van der Waals surface area contributed by atoms with E-state index < -0.39 is 17.6 Å². The van der Waals surface area contributed by atoms with Gasteiger partial charge in [-0.05, 0) is 44.1 Å².